The lowest BCUT2D eigenvalue weighted by atomic mass is 9.52. The first-order valence-corrected chi connectivity index (χ1v) is 8.19. The van der Waals surface area contributed by atoms with Crippen molar-refractivity contribution in [2.45, 2.75) is 56.9 Å². The number of likely N-dealkylation sites (N-methyl/N-ethyl adjacent to an activating group) is 1. The Labute approximate surface area is 122 Å². The van der Waals surface area contributed by atoms with Crippen LogP contribution in [-0.2, 0) is 11.8 Å². The first-order chi connectivity index (χ1) is 9.53. The SMILES string of the molecule is Cc1ccc2c(c1)[C@]13CCCCC1C(C2)[N+](C)([O-])CC3. The predicted octanol–water partition coefficient (Wildman–Crippen LogP) is 3.70. The van der Waals surface area contributed by atoms with Crippen LogP contribution in [0.3, 0.4) is 0 Å². The van der Waals surface area contributed by atoms with Gasteiger partial charge >= 0.3 is 0 Å². The molecule has 0 radical (unpaired) electrons. The molecule has 20 heavy (non-hydrogen) atoms. The third kappa shape index (κ3) is 1.58. The predicted molar refractivity (Wildman–Crippen MR) is 81.3 cm³/mol. The summed E-state index contributed by atoms with van der Waals surface area (Å²) in [7, 11) is 1.92. The Kier molecular flexibility index (Phi) is 2.62. The summed E-state index contributed by atoms with van der Waals surface area (Å²) in [6, 6.07) is 7.27. The van der Waals surface area contributed by atoms with Gasteiger partial charge in [-0.2, -0.15) is 0 Å². The normalized spacial score (nSPS) is 42.8. The van der Waals surface area contributed by atoms with Gasteiger partial charge in [0.1, 0.15) is 0 Å². The summed E-state index contributed by atoms with van der Waals surface area (Å²) in [5, 5.41) is 12.9. The number of hydrogen-bond donors (Lipinski definition) is 0. The van der Waals surface area contributed by atoms with E-state index in [1.165, 1.54) is 36.8 Å². The maximum atomic E-state index is 12.9. The maximum absolute atomic E-state index is 12.9. The van der Waals surface area contributed by atoms with Gasteiger partial charge in [0.25, 0.3) is 0 Å². The highest BCUT2D eigenvalue weighted by atomic mass is 16.5. The molecule has 0 spiro atoms. The standard InChI is InChI=1S/C18H25NO/c1-13-6-7-14-12-17-15-5-3-4-8-18(15,16(14)11-13)9-10-19(17,2)20/h6-7,11,15,17H,3-5,8-10,12H2,1-2H3/t15?,17?,18-,19?/m0/s1. The van der Waals surface area contributed by atoms with Crippen LogP contribution in [0, 0.1) is 18.0 Å². The van der Waals surface area contributed by atoms with Gasteiger partial charge < -0.3 is 9.85 Å². The molecule has 3 aliphatic rings. The molecule has 1 saturated carbocycles. The molecule has 3 unspecified atom stereocenters. The molecule has 2 aliphatic carbocycles. The number of piperidine rings is 1. The van der Waals surface area contributed by atoms with E-state index in [2.05, 4.69) is 25.1 Å². The Bertz CT molecular complexity index is 550. The average molecular weight is 271 g/mol. The molecule has 1 aromatic carbocycles. The van der Waals surface area contributed by atoms with Crippen molar-refractivity contribution >= 4 is 0 Å². The number of hydrogen-bond acceptors (Lipinski definition) is 1. The minimum absolute atomic E-state index is 0.000265. The molecule has 1 saturated heterocycles. The van der Waals surface area contributed by atoms with Crippen LogP contribution in [0.1, 0.15) is 48.8 Å². The van der Waals surface area contributed by atoms with Crippen LogP contribution in [-0.4, -0.2) is 24.3 Å². The van der Waals surface area contributed by atoms with Crippen molar-refractivity contribution in [3.05, 3.63) is 40.1 Å². The highest BCUT2D eigenvalue weighted by molar-refractivity contribution is 5.42. The van der Waals surface area contributed by atoms with E-state index in [0.29, 0.717) is 17.4 Å². The summed E-state index contributed by atoms with van der Waals surface area (Å²) in [6.07, 6.45) is 7.36. The minimum Gasteiger partial charge on any atom is -0.633 e. The van der Waals surface area contributed by atoms with Gasteiger partial charge in [-0.15, -0.1) is 0 Å². The molecule has 2 bridgehead atoms. The van der Waals surface area contributed by atoms with Gasteiger partial charge in [0.2, 0.25) is 0 Å². The van der Waals surface area contributed by atoms with Gasteiger partial charge in [-0.1, -0.05) is 36.6 Å². The second-order valence-corrected chi connectivity index (χ2v) is 7.59. The van der Waals surface area contributed by atoms with E-state index in [1.807, 2.05) is 7.05 Å². The largest absolute Gasteiger partial charge is 0.633 e. The lowest BCUT2D eigenvalue weighted by Crippen LogP contribution is -2.66. The highest BCUT2D eigenvalue weighted by Gasteiger charge is 2.56. The van der Waals surface area contributed by atoms with Gasteiger partial charge in [-0.25, -0.2) is 0 Å². The first-order valence-electron chi connectivity index (χ1n) is 8.19. The van der Waals surface area contributed by atoms with E-state index in [4.69, 9.17) is 0 Å². The minimum atomic E-state index is -0.000265. The van der Waals surface area contributed by atoms with Gasteiger partial charge in [-0.05, 0) is 30.9 Å². The quantitative estimate of drug-likeness (QED) is 0.521. The molecule has 1 aliphatic heterocycles. The zero-order valence-electron chi connectivity index (χ0n) is 12.7. The van der Waals surface area contributed by atoms with Crippen LogP contribution in [0.25, 0.3) is 0 Å². The van der Waals surface area contributed by atoms with Crippen molar-refractivity contribution in [3.8, 4) is 0 Å². The van der Waals surface area contributed by atoms with Gasteiger partial charge in [0, 0.05) is 24.2 Å². The second kappa shape index (κ2) is 4.08. The molecule has 0 amide bonds. The third-order valence-electron chi connectivity index (χ3n) is 6.50. The number of likely N-dealkylation sites (tertiary alicyclic amines) is 1. The number of nitrogens with zero attached hydrogens (tertiary/aromatic N) is 1. The Morgan fingerprint density at radius 3 is 2.95 bits per heavy atom. The number of hydroxylamine groups is 3. The van der Waals surface area contributed by atoms with Crippen molar-refractivity contribution in [2.75, 3.05) is 13.6 Å². The molecule has 0 N–H and O–H groups in total. The van der Waals surface area contributed by atoms with Crippen molar-refractivity contribution in [1.29, 1.82) is 0 Å². The molecule has 1 heterocycles. The van der Waals surface area contributed by atoms with Crippen molar-refractivity contribution in [2.24, 2.45) is 5.92 Å². The Hall–Kier alpha value is -0.860. The molecular formula is C18H25NO. The number of aryl methyl sites for hydroxylation is 1. The lowest BCUT2D eigenvalue weighted by molar-refractivity contribution is -0.899. The number of rotatable bonds is 0. The molecule has 2 heteroatoms. The first kappa shape index (κ1) is 12.8. The van der Waals surface area contributed by atoms with Crippen LogP contribution < -0.4 is 0 Å². The monoisotopic (exact) mass is 271 g/mol. The average Bonchev–Trinajstić information content (AvgIpc) is 2.44. The van der Waals surface area contributed by atoms with Gasteiger partial charge in [0.05, 0.1) is 19.6 Å². The van der Waals surface area contributed by atoms with E-state index in [-0.39, 0.29) is 4.65 Å². The Balaban J connectivity index is 1.92. The second-order valence-electron chi connectivity index (χ2n) is 7.59. The lowest BCUT2D eigenvalue weighted by Gasteiger charge is -2.63. The van der Waals surface area contributed by atoms with Gasteiger partial charge in [0.15, 0.2) is 0 Å². The summed E-state index contributed by atoms with van der Waals surface area (Å²) in [4.78, 5) is 0. The molecule has 4 rings (SSSR count). The zero-order valence-corrected chi connectivity index (χ0v) is 12.7. The van der Waals surface area contributed by atoms with Crippen LogP contribution in [0.4, 0.5) is 0 Å². The van der Waals surface area contributed by atoms with Crippen molar-refractivity contribution in [1.82, 2.24) is 0 Å². The fourth-order valence-corrected chi connectivity index (χ4v) is 5.47. The third-order valence-corrected chi connectivity index (χ3v) is 6.50. The van der Waals surface area contributed by atoms with E-state index < -0.39 is 0 Å². The summed E-state index contributed by atoms with van der Waals surface area (Å²) >= 11 is 0. The van der Waals surface area contributed by atoms with E-state index in [1.54, 1.807) is 5.56 Å². The van der Waals surface area contributed by atoms with Crippen molar-refractivity contribution < 1.29 is 4.65 Å². The smallest absolute Gasteiger partial charge is 0.0963 e. The fourth-order valence-electron chi connectivity index (χ4n) is 5.47. The summed E-state index contributed by atoms with van der Waals surface area (Å²) in [5.41, 5.74) is 4.80. The van der Waals surface area contributed by atoms with E-state index >= 15 is 0 Å². The maximum Gasteiger partial charge on any atom is 0.0963 e. The molecular weight excluding hydrogens is 246 g/mol. The van der Waals surface area contributed by atoms with E-state index in [9.17, 15) is 5.21 Å². The molecule has 4 atom stereocenters. The molecule has 108 valence electrons. The van der Waals surface area contributed by atoms with Crippen LogP contribution in [0.2, 0.25) is 0 Å². The number of quaternary nitrogens is 1. The summed E-state index contributed by atoms with van der Waals surface area (Å²) in [5.74, 6) is 0.627. The topological polar surface area (TPSA) is 23.1 Å². The van der Waals surface area contributed by atoms with Crippen molar-refractivity contribution in [3.63, 3.8) is 0 Å². The van der Waals surface area contributed by atoms with Crippen LogP contribution in [0.5, 0.6) is 0 Å². The van der Waals surface area contributed by atoms with E-state index in [0.717, 1.165) is 19.4 Å². The van der Waals surface area contributed by atoms with Crippen LogP contribution >= 0.6 is 0 Å². The Morgan fingerprint density at radius 1 is 1.25 bits per heavy atom. The van der Waals surface area contributed by atoms with Gasteiger partial charge in [-0.3, -0.25) is 0 Å². The summed E-state index contributed by atoms with van der Waals surface area (Å²) < 4.78 is -0.000265. The number of benzene rings is 1. The Morgan fingerprint density at radius 2 is 2.10 bits per heavy atom. The highest BCUT2D eigenvalue weighted by Crippen LogP contribution is 2.56. The molecule has 2 fully saturated rings. The van der Waals surface area contributed by atoms with Crippen LogP contribution in [0.15, 0.2) is 18.2 Å². The zero-order chi connectivity index (χ0) is 14.0. The molecule has 2 nitrogen and oxygen atoms in total. The molecule has 0 aromatic heterocycles. The fraction of sp³-hybridized carbons (Fsp3) is 0.667. The molecule has 1 aromatic rings. The summed E-state index contributed by atoms with van der Waals surface area (Å²) in [6.45, 7) is 3.02. The number of fused-ring (bicyclic) bond motifs is 1.